The lowest BCUT2D eigenvalue weighted by Crippen LogP contribution is -2.48. The monoisotopic (exact) mass is 496 g/mol. The Morgan fingerprint density at radius 3 is 2.59 bits per heavy atom. The molecule has 1 aromatic carbocycles. The van der Waals surface area contributed by atoms with Crippen LogP contribution in [0.3, 0.4) is 0 Å². The molecule has 0 radical (unpaired) electrons. The summed E-state index contributed by atoms with van der Waals surface area (Å²) in [6.45, 7) is 7.90. The highest BCUT2D eigenvalue weighted by atomic mass is 127. The number of hydrogen-bond donors (Lipinski definition) is 3. The molecule has 154 valence electrons. The van der Waals surface area contributed by atoms with Crippen molar-refractivity contribution in [1.82, 2.24) is 15.5 Å². The minimum atomic E-state index is -0.803. The second-order valence-electron chi connectivity index (χ2n) is 6.95. The topological polar surface area (TPSA) is 59.9 Å². The van der Waals surface area contributed by atoms with Crippen LogP contribution in [0.4, 0.5) is 8.78 Å². The van der Waals surface area contributed by atoms with Gasteiger partial charge in [0, 0.05) is 45.4 Å². The van der Waals surface area contributed by atoms with Crippen molar-refractivity contribution in [2.45, 2.75) is 39.3 Å². The van der Waals surface area contributed by atoms with Gasteiger partial charge in [0.15, 0.2) is 17.6 Å². The first-order valence-electron chi connectivity index (χ1n) is 9.33. The van der Waals surface area contributed by atoms with Crippen LogP contribution in [0, 0.1) is 17.6 Å². The van der Waals surface area contributed by atoms with Crippen molar-refractivity contribution in [1.29, 1.82) is 0 Å². The van der Waals surface area contributed by atoms with Crippen LogP contribution in [0.2, 0.25) is 0 Å². The van der Waals surface area contributed by atoms with Gasteiger partial charge < -0.3 is 15.7 Å². The molecular formula is C19H31F2IN4O. The van der Waals surface area contributed by atoms with E-state index in [-0.39, 0.29) is 36.5 Å². The third-order valence-electron chi connectivity index (χ3n) is 4.54. The van der Waals surface area contributed by atoms with Crippen molar-refractivity contribution in [3.05, 3.63) is 35.4 Å². The Balaban J connectivity index is 0.00000364. The Kier molecular flexibility index (Phi) is 11.1. The van der Waals surface area contributed by atoms with Gasteiger partial charge in [-0.05, 0) is 43.4 Å². The van der Waals surface area contributed by atoms with Crippen LogP contribution in [0.5, 0.6) is 0 Å². The van der Waals surface area contributed by atoms with Crippen LogP contribution in [0.1, 0.15) is 32.3 Å². The van der Waals surface area contributed by atoms with Gasteiger partial charge in [-0.1, -0.05) is 13.0 Å². The third kappa shape index (κ3) is 8.27. The number of halogens is 3. The van der Waals surface area contributed by atoms with E-state index in [1.807, 2.05) is 13.8 Å². The van der Waals surface area contributed by atoms with Crippen molar-refractivity contribution in [3.63, 3.8) is 0 Å². The van der Waals surface area contributed by atoms with Crippen LogP contribution in [0.25, 0.3) is 0 Å². The highest BCUT2D eigenvalue weighted by molar-refractivity contribution is 14.0. The fourth-order valence-electron chi connectivity index (χ4n) is 2.95. The molecule has 1 fully saturated rings. The van der Waals surface area contributed by atoms with Gasteiger partial charge >= 0.3 is 0 Å². The number of nitrogens with zero attached hydrogens (tertiary/aromatic N) is 2. The highest BCUT2D eigenvalue weighted by Gasteiger charge is 2.20. The number of aliphatic imine (C=N–C) groups is 1. The number of hydrogen-bond acceptors (Lipinski definition) is 3. The van der Waals surface area contributed by atoms with E-state index in [4.69, 9.17) is 5.11 Å². The van der Waals surface area contributed by atoms with E-state index in [2.05, 4.69) is 20.5 Å². The van der Waals surface area contributed by atoms with Gasteiger partial charge in [-0.15, -0.1) is 24.0 Å². The molecule has 0 amide bonds. The average molecular weight is 496 g/mol. The summed E-state index contributed by atoms with van der Waals surface area (Å²) in [5.41, 5.74) is 0.795. The van der Waals surface area contributed by atoms with Crippen LogP contribution < -0.4 is 10.6 Å². The standard InChI is InChI=1S/C19H30F2N4O.HI/c1-3-22-19(23-11-14(2)13-26)24-16-6-8-25(9-7-16)12-15-4-5-17(20)18(21)10-15;/h4-5,10,14,16,26H,3,6-9,11-13H2,1-2H3,(H2,22,23,24);1H. The lowest BCUT2D eigenvalue weighted by Gasteiger charge is -2.33. The molecule has 1 unspecified atom stereocenters. The first-order valence-corrected chi connectivity index (χ1v) is 9.33. The number of guanidine groups is 1. The number of rotatable bonds is 7. The van der Waals surface area contributed by atoms with Crippen LogP contribution in [0.15, 0.2) is 23.2 Å². The number of benzene rings is 1. The number of likely N-dealkylation sites (tertiary alicyclic amines) is 1. The molecule has 0 spiro atoms. The van der Waals surface area contributed by atoms with Crippen molar-refractivity contribution in [2.75, 3.05) is 32.8 Å². The van der Waals surface area contributed by atoms with Crippen molar-refractivity contribution < 1.29 is 13.9 Å². The van der Waals surface area contributed by atoms with E-state index in [0.29, 0.717) is 19.1 Å². The zero-order chi connectivity index (χ0) is 18.9. The number of piperidine rings is 1. The summed E-state index contributed by atoms with van der Waals surface area (Å²) in [6.07, 6.45) is 1.92. The zero-order valence-electron chi connectivity index (χ0n) is 16.0. The van der Waals surface area contributed by atoms with Gasteiger partial charge in [0.1, 0.15) is 0 Å². The summed E-state index contributed by atoms with van der Waals surface area (Å²) in [6, 6.07) is 4.43. The molecular weight excluding hydrogens is 465 g/mol. The van der Waals surface area contributed by atoms with Gasteiger partial charge in [-0.2, -0.15) is 0 Å². The molecule has 1 aromatic rings. The molecule has 3 N–H and O–H groups in total. The predicted octanol–water partition coefficient (Wildman–Crippen LogP) is 2.73. The maximum absolute atomic E-state index is 13.3. The predicted molar refractivity (Wildman–Crippen MR) is 115 cm³/mol. The average Bonchev–Trinajstić information content (AvgIpc) is 2.64. The number of aliphatic hydroxyl groups is 1. The van der Waals surface area contributed by atoms with Gasteiger partial charge in [0.2, 0.25) is 0 Å². The maximum atomic E-state index is 13.3. The Hall–Kier alpha value is -1.00. The SMILES string of the molecule is CCNC(=NCC(C)CO)NC1CCN(Cc2ccc(F)c(F)c2)CC1.I. The molecule has 1 aliphatic rings. The summed E-state index contributed by atoms with van der Waals surface area (Å²) in [7, 11) is 0. The normalized spacial score (nSPS) is 17.3. The Morgan fingerprint density at radius 2 is 2.00 bits per heavy atom. The molecule has 0 aromatic heterocycles. The molecule has 1 heterocycles. The van der Waals surface area contributed by atoms with E-state index < -0.39 is 11.6 Å². The minimum Gasteiger partial charge on any atom is -0.396 e. The lowest BCUT2D eigenvalue weighted by molar-refractivity contribution is 0.198. The summed E-state index contributed by atoms with van der Waals surface area (Å²) in [5.74, 6) is -0.666. The molecule has 1 atom stereocenters. The molecule has 0 saturated carbocycles. The summed E-state index contributed by atoms with van der Waals surface area (Å²) in [4.78, 5) is 6.78. The fraction of sp³-hybridized carbons (Fsp3) is 0.632. The van der Waals surface area contributed by atoms with E-state index in [1.54, 1.807) is 6.07 Å². The summed E-state index contributed by atoms with van der Waals surface area (Å²) in [5, 5.41) is 15.8. The second kappa shape index (κ2) is 12.5. The summed E-state index contributed by atoms with van der Waals surface area (Å²) >= 11 is 0. The molecule has 2 rings (SSSR count). The van der Waals surface area contributed by atoms with Crippen LogP contribution >= 0.6 is 24.0 Å². The molecule has 1 saturated heterocycles. The zero-order valence-corrected chi connectivity index (χ0v) is 18.4. The second-order valence-corrected chi connectivity index (χ2v) is 6.95. The van der Waals surface area contributed by atoms with E-state index in [9.17, 15) is 8.78 Å². The van der Waals surface area contributed by atoms with E-state index >= 15 is 0 Å². The first-order chi connectivity index (χ1) is 12.5. The van der Waals surface area contributed by atoms with Gasteiger partial charge in [-0.25, -0.2) is 8.78 Å². The van der Waals surface area contributed by atoms with Gasteiger partial charge in [0.25, 0.3) is 0 Å². The van der Waals surface area contributed by atoms with Gasteiger partial charge in [-0.3, -0.25) is 9.89 Å². The van der Waals surface area contributed by atoms with E-state index in [1.165, 1.54) is 12.1 Å². The molecule has 0 bridgehead atoms. The Bertz CT molecular complexity index is 595. The Labute approximate surface area is 177 Å². The number of nitrogens with one attached hydrogen (secondary N) is 2. The Morgan fingerprint density at radius 1 is 1.30 bits per heavy atom. The number of aliphatic hydroxyl groups excluding tert-OH is 1. The van der Waals surface area contributed by atoms with Crippen molar-refractivity contribution in [3.8, 4) is 0 Å². The molecule has 1 aliphatic heterocycles. The van der Waals surface area contributed by atoms with Gasteiger partial charge in [0.05, 0.1) is 0 Å². The maximum Gasteiger partial charge on any atom is 0.191 e. The first kappa shape index (κ1) is 24.0. The minimum absolute atomic E-state index is 0. The van der Waals surface area contributed by atoms with Crippen molar-refractivity contribution in [2.24, 2.45) is 10.9 Å². The molecule has 0 aliphatic carbocycles. The quantitative estimate of drug-likeness (QED) is 0.309. The molecule has 8 heteroatoms. The van der Waals surface area contributed by atoms with E-state index in [0.717, 1.165) is 44.0 Å². The van der Waals surface area contributed by atoms with Crippen LogP contribution in [-0.2, 0) is 6.54 Å². The molecule has 5 nitrogen and oxygen atoms in total. The fourth-order valence-corrected chi connectivity index (χ4v) is 2.95. The van der Waals surface area contributed by atoms with Crippen LogP contribution in [-0.4, -0.2) is 54.8 Å². The highest BCUT2D eigenvalue weighted by Crippen LogP contribution is 2.16. The largest absolute Gasteiger partial charge is 0.396 e. The molecule has 27 heavy (non-hydrogen) atoms. The third-order valence-corrected chi connectivity index (χ3v) is 4.54. The lowest BCUT2D eigenvalue weighted by atomic mass is 10.0. The summed E-state index contributed by atoms with van der Waals surface area (Å²) < 4.78 is 26.3. The smallest absolute Gasteiger partial charge is 0.191 e. The van der Waals surface area contributed by atoms with Crippen molar-refractivity contribution >= 4 is 29.9 Å².